The number of aliphatic carboxylic acids is 1. The fourth-order valence-electron chi connectivity index (χ4n) is 3.76. The number of benzene rings is 2. The Labute approximate surface area is 186 Å². The molecule has 170 valence electrons. The van der Waals surface area contributed by atoms with Crippen molar-refractivity contribution >= 4 is 18.0 Å². The summed E-state index contributed by atoms with van der Waals surface area (Å²) in [5, 5.41) is 13.9. The Morgan fingerprint density at radius 3 is 2.19 bits per heavy atom. The summed E-state index contributed by atoms with van der Waals surface area (Å²) in [6.07, 6.45) is -0.326. The van der Waals surface area contributed by atoms with Crippen molar-refractivity contribution in [3.63, 3.8) is 0 Å². The smallest absolute Gasteiger partial charge is 0.408 e. The van der Waals surface area contributed by atoms with E-state index < -0.39 is 30.1 Å². The van der Waals surface area contributed by atoms with Gasteiger partial charge in [-0.2, -0.15) is 0 Å². The van der Waals surface area contributed by atoms with Crippen molar-refractivity contribution < 1.29 is 29.0 Å². The molecule has 0 aliphatic heterocycles. The van der Waals surface area contributed by atoms with Crippen molar-refractivity contribution in [1.29, 1.82) is 0 Å². The van der Waals surface area contributed by atoms with Gasteiger partial charge in [-0.05, 0) is 35.6 Å². The zero-order valence-corrected chi connectivity index (χ0v) is 18.2. The summed E-state index contributed by atoms with van der Waals surface area (Å²) in [7, 11) is 0. The van der Waals surface area contributed by atoms with Crippen LogP contribution >= 0.6 is 0 Å². The van der Waals surface area contributed by atoms with Crippen LogP contribution in [0.25, 0.3) is 11.1 Å². The first-order chi connectivity index (χ1) is 15.4. The van der Waals surface area contributed by atoms with Gasteiger partial charge in [-0.15, -0.1) is 0 Å². The van der Waals surface area contributed by atoms with Gasteiger partial charge in [0.2, 0.25) is 5.91 Å². The topological polar surface area (TPSA) is 114 Å². The molecule has 8 heteroatoms. The molecule has 1 aliphatic rings. The van der Waals surface area contributed by atoms with Crippen molar-refractivity contribution in [3.8, 4) is 11.1 Å². The Morgan fingerprint density at radius 1 is 1.03 bits per heavy atom. The van der Waals surface area contributed by atoms with Crippen LogP contribution in [0.15, 0.2) is 48.5 Å². The zero-order valence-electron chi connectivity index (χ0n) is 18.2. The third-order valence-corrected chi connectivity index (χ3v) is 5.69. The number of amides is 2. The zero-order chi connectivity index (χ0) is 23.1. The van der Waals surface area contributed by atoms with E-state index in [0.29, 0.717) is 6.42 Å². The lowest BCUT2D eigenvalue weighted by atomic mass is 9.97. The predicted octanol–water partition coefficient (Wildman–Crippen LogP) is 2.91. The maximum atomic E-state index is 12.6. The van der Waals surface area contributed by atoms with Gasteiger partial charge in [0.25, 0.3) is 0 Å². The van der Waals surface area contributed by atoms with Gasteiger partial charge in [0, 0.05) is 12.5 Å². The average Bonchev–Trinajstić information content (AvgIpc) is 3.10. The number of hydrogen-bond donors (Lipinski definition) is 3. The average molecular weight is 440 g/mol. The number of carboxylic acid groups (broad SMARTS) is 1. The SMILES string of the molecule is CCC(C)(NC(=O)OCC1c2ccccc2-c2ccccc21)C(=O)NCCOCC(=O)O. The minimum Gasteiger partial charge on any atom is -0.480 e. The van der Waals surface area contributed by atoms with Gasteiger partial charge in [0.1, 0.15) is 18.8 Å². The lowest BCUT2D eigenvalue weighted by molar-refractivity contribution is -0.142. The molecule has 3 rings (SSSR count). The summed E-state index contributed by atoms with van der Waals surface area (Å²) in [5.74, 6) is -1.54. The Hall–Kier alpha value is -3.39. The third kappa shape index (κ3) is 5.26. The first kappa shape index (κ1) is 23.3. The van der Waals surface area contributed by atoms with Gasteiger partial charge >= 0.3 is 12.1 Å². The highest BCUT2D eigenvalue weighted by Gasteiger charge is 2.34. The number of carbonyl (C=O) groups excluding carboxylic acids is 2. The van der Waals surface area contributed by atoms with Crippen LogP contribution in [0.3, 0.4) is 0 Å². The first-order valence-corrected chi connectivity index (χ1v) is 10.6. The molecule has 0 heterocycles. The summed E-state index contributed by atoms with van der Waals surface area (Å²) in [5.41, 5.74) is 3.33. The molecule has 2 aromatic rings. The van der Waals surface area contributed by atoms with Gasteiger partial charge in [0.15, 0.2) is 0 Å². The summed E-state index contributed by atoms with van der Waals surface area (Å²) in [4.78, 5) is 35.6. The summed E-state index contributed by atoms with van der Waals surface area (Å²) >= 11 is 0. The maximum absolute atomic E-state index is 12.6. The third-order valence-electron chi connectivity index (χ3n) is 5.69. The quantitative estimate of drug-likeness (QED) is 0.490. The van der Waals surface area contributed by atoms with Crippen LogP contribution in [0.4, 0.5) is 4.79 Å². The molecule has 0 aromatic heterocycles. The van der Waals surface area contributed by atoms with Crippen LogP contribution in [-0.4, -0.2) is 55.0 Å². The molecule has 3 N–H and O–H groups in total. The van der Waals surface area contributed by atoms with Gasteiger partial charge in [-0.25, -0.2) is 9.59 Å². The van der Waals surface area contributed by atoms with Crippen molar-refractivity contribution in [2.75, 3.05) is 26.4 Å². The molecule has 0 bridgehead atoms. The van der Waals surface area contributed by atoms with Gasteiger partial charge in [-0.1, -0.05) is 55.5 Å². The van der Waals surface area contributed by atoms with E-state index in [4.69, 9.17) is 14.6 Å². The van der Waals surface area contributed by atoms with Crippen molar-refractivity contribution in [2.24, 2.45) is 0 Å². The Bertz CT molecular complexity index is 946. The van der Waals surface area contributed by atoms with E-state index in [1.807, 2.05) is 36.4 Å². The van der Waals surface area contributed by atoms with Gasteiger partial charge in [-0.3, -0.25) is 4.79 Å². The number of carbonyl (C=O) groups is 3. The molecule has 0 radical (unpaired) electrons. The van der Waals surface area contributed by atoms with Crippen LogP contribution in [0.5, 0.6) is 0 Å². The van der Waals surface area contributed by atoms with Crippen molar-refractivity contribution in [2.45, 2.75) is 31.7 Å². The number of fused-ring (bicyclic) bond motifs is 3. The second-order valence-corrected chi connectivity index (χ2v) is 7.84. The Morgan fingerprint density at radius 2 is 1.62 bits per heavy atom. The van der Waals surface area contributed by atoms with Crippen molar-refractivity contribution in [3.05, 3.63) is 59.7 Å². The van der Waals surface area contributed by atoms with Crippen LogP contribution in [0.2, 0.25) is 0 Å². The lowest BCUT2D eigenvalue weighted by Crippen LogP contribution is -2.57. The summed E-state index contributed by atoms with van der Waals surface area (Å²) in [6.45, 7) is 3.31. The standard InChI is InChI=1S/C24H28N2O6/c1-3-24(2,22(29)25-12-13-31-15-21(27)28)26-23(30)32-14-20-18-10-6-4-8-16(18)17-9-5-7-11-19(17)20/h4-11,20H,3,12-15H2,1-2H3,(H,25,29)(H,26,30)(H,27,28). The molecule has 0 spiro atoms. The summed E-state index contributed by atoms with van der Waals surface area (Å²) in [6, 6.07) is 16.1. The normalized spacial score (nSPS) is 14.1. The summed E-state index contributed by atoms with van der Waals surface area (Å²) < 4.78 is 10.4. The Balaban J connectivity index is 1.56. The Kier molecular flexibility index (Phi) is 7.48. The van der Waals surface area contributed by atoms with E-state index in [9.17, 15) is 14.4 Å². The highest BCUT2D eigenvalue weighted by molar-refractivity contribution is 5.89. The number of alkyl carbamates (subject to hydrolysis) is 1. The minimum absolute atomic E-state index is 0.0583. The molecular formula is C24H28N2O6. The molecule has 1 unspecified atom stereocenters. The fourth-order valence-corrected chi connectivity index (χ4v) is 3.76. The number of carboxylic acids is 1. The van der Waals surface area contributed by atoms with Gasteiger partial charge < -0.3 is 25.2 Å². The van der Waals surface area contributed by atoms with E-state index in [1.54, 1.807) is 13.8 Å². The highest BCUT2D eigenvalue weighted by atomic mass is 16.5. The molecule has 8 nitrogen and oxygen atoms in total. The molecule has 0 fully saturated rings. The minimum atomic E-state index is -1.17. The predicted molar refractivity (Wildman–Crippen MR) is 118 cm³/mol. The second-order valence-electron chi connectivity index (χ2n) is 7.84. The van der Waals surface area contributed by atoms with E-state index in [-0.39, 0.29) is 25.7 Å². The van der Waals surface area contributed by atoms with Crippen molar-refractivity contribution in [1.82, 2.24) is 10.6 Å². The molecule has 1 aliphatic carbocycles. The fraction of sp³-hybridized carbons (Fsp3) is 0.375. The van der Waals surface area contributed by atoms with E-state index in [2.05, 4.69) is 22.8 Å². The molecule has 1 atom stereocenters. The van der Waals surface area contributed by atoms with Crippen LogP contribution in [0, 0.1) is 0 Å². The van der Waals surface area contributed by atoms with Gasteiger partial charge in [0.05, 0.1) is 6.61 Å². The van der Waals surface area contributed by atoms with E-state index >= 15 is 0 Å². The highest BCUT2D eigenvalue weighted by Crippen LogP contribution is 2.44. The maximum Gasteiger partial charge on any atom is 0.408 e. The molecule has 2 amide bonds. The van der Waals surface area contributed by atoms with E-state index in [1.165, 1.54) is 0 Å². The van der Waals surface area contributed by atoms with E-state index in [0.717, 1.165) is 22.3 Å². The molecule has 32 heavy (non-hydrogen) atoms. The number of rotatable bonds is 10. The molecule has 0 saturated carbocycles. The first-order valence-electron chi connectivity index (χ1n) is 10.6. The van der Waals surface area contributed by atoms with Crippen LogP contribution < -0.4 is 10.6 Å². The molecule has 2 aromatic carbocycles. The van der Waals surface area contributed by atoms with Crippen LogP contribution in [0.1, 0.15) is 37.3 Å². The second kappa shape index (κ2) is 10.3. The molecular weight excluding hydrogens is 412 g/mol. The lowest BCUT2D eigenvalue weighted by Gasteiger charge is -2.28. The largest absolute Gasteiger partial charge is 0.480 e. The van der Waals surface area contributed by atoms with Crippen LogP contribution in [-0.2, 0) is 19.1 Å². The number of hydrogen-bond acceptors (Lipinski definition) is 5. The molecule has 0 saturated heterocycles. The number of nitrogens with one attached hydrogen (secondary N) is 2. The number of ether oxygens (including phenoxy) is 2. The monoisotopic (exact) mass is 440 g/mol.